The van der Waals surface area contributed by atoms with Crippen molar-refractivity contribution in [3.63, 3.8) is 0 Å². The maximum atomic E-state index is 9.79. The van der Waals surface area contributed by atoms with E-state index in [0.717, 1.165) is 13.0 Å². The molecule has 0 fully saturated rings. The highest BCUT2D eigenvalue weighted by Crippen LogP contribution is 2.17. The van der Waals surface area contributed by atoms with Crippen LogP contribution in [0.15, 0.2) is 36.7 Å². The van der Waals surface area contributed by atoms with Gasteiger partial charge in [-0.25, -0.2) is 0 Å². The first-order valence-corrected chi connectivity index (χ1v) is 6.81. The molecule has 0 bridgehead atoms. The number of aliphatic carboxylic acids is 2. The predicted octanol–water partition coefficient (Wildman–Crippen LogP) is 2.00. The summed E-state index contributed by atoms with van der Waals surface area (Å²) in [6.45, 7) is 0.972. The zero-order valence-electron chi connectivity index (χ0n) is 11.7. The van der Waals surface area contributed by atoms with Gasteiger partial charge in [0.2, 0.25) is 0 Å². The van der Waals surface area contributed by atoms with Crippen molar-refractivity contribution in [2.75, 3.05) is 6.54 Å². The summed E-state index contributed by atoms with van der Waals surface area (Å²) in [5.41, 5.74) is 1.28. The second-order valence-electron chi connectivity index (χ2n) is 4.60. The fourth-order valence-electron chi connectivity index (χ4n) is 1.84. The van der Waals surface area contributed by atoms with Gasteiger partial charge in [0.1, 0.15) is 0 Å². The van der Waals surface area contributed by atoms with Gasteiger partial charge >= 0.3 is 11.9 Å². The molecule has 0 aromatic carbocycles. The summed E-state index contributed by atoms with van der Waals surface area (Å²) >= 11 is 0. The Morgan fingerprint density at radius 1 is 1.24 bits per heavy atom. The van der Waals surface area contributed by atoms with Gasteiger partial charge in [-0.3, -0.25) is 14.6 Å². The monoisotopic (exact) mass is 292 g/mol. The number of nitrogens with zero attached hydrogens (tertiary/aromatic N) is 1. The molecule has 1 aliphatic rings. The molecule has 0 saturated heterocycles. The van der Waals surface area contributed by atoms with Gasteiger partial charge in [0.05, 0.1) is 0 Å². The molecule has 0 aliphatic carbocycles. The van der Waals surface area contributed by atoms with Crippen LogP contribution >= 0.6 is 0 Å². The minimum absolute atomic E-state index is 0.0632. The van der Waals surface area contributed by atoms with E-state index in [2.05, 4.69) is 28.5 Å². The molecule has 1 unspecified atom stereocenters. The Labute approximate surface area is 123 Å². The van der Waals surface area contributed by atoms with Gasteiger partial charge in [-0.1, -0.05) is 18.2 Å². The number of hydrogen-bond donors (Lipinski definition) is 3. The van der Waals surface area contributed by atoms with Crippen molar-refractivity contribution in [3.05, 3.63) is 42.2 Å². The van der Waals surface area contributed by atoms with Crippen LogP contribution in [-0.2, 0) is 9.59 Å². The van der Waals surface area contributed by atoms with Gasteiger partial charge in [-0.05, 0) is 24.5 Å². The summed E-state index contributed by atoms with van der Waals surface area (Å²) in [7, 11) is 0. The standard InChI is InChI=1S/C10H12N2.C5H8O4/c1-2-7-12-10(5-1)9-4-3-6-11-8-9;6-4(7)2-1-3-5(8)9/h1-4,6,8,10,12H,5,7H2;1-3H2,(H,6,7)(H,8,9). The van der Waals surface area contributed by atoms with Crippen LogP contribution in [0.5, 0.6) is 0 Å². The summed E-state index contributed by atoms with van der Waals surface area (Å²) in [4.78, 5) is 23.7. The van der Waals surface area contributed by atoms with Crippen LogP contribution in [0.2, 0.25) is 0 Å². The lowest BCUT2D eigenvalue weighted by Crippen LogP contribution is -2.23. The van der Waals surface area contributed by atoms with E-state index >= 15 is 0 Å². The van der Waals surface area contributed by atoms with Crippen LogP contribution < -0.4 is 5.32 Å². The van der Waals surface area contributed by atoms with Crippen LogP contribution in [-0.4, -0.2) is 33.7 Å². The molecule has 1 aromatic heterocycles. The van der Waals surface area contributed by atoms with Gasteiger partial charge < -0.3 is 15.5 Å². The molecule has 0 radical (unpaired) electrons. The van der Waals surface area contributed by atoms with E-state index in [1.165, 1.54) is 5.56 Å². The topological polar surface area (TPSA) is 99.5 Å². The molecular formula is C15H20N2O4. The number of pyridine rings is 1. The molecule has 1 atom stereocenters. The normalized spacial score (nSPS) is 16.7. The zero-order chi connectivity index (χ0) is 15.5. The fourth-order valence-corrected chi connectivity index (χ4v) is 1.84. The Morgan fingerprint density at radius 3 is 2.43 bits per heavy atom. The van der Waals surface area contributed by atoms with Crippen molar-refractivity contribution in [1.29, 1.82) is 0 Å². The van der Waals surface area contributed by atoms with E-state index < -0.39 is 11.9 Å². The molecule has 0 spiro atoms. The van der Waals surface area contributed by atoms with E-state index in [0.29, 0.717) is 6.04 Å². The van der Waals surface area contributed by atoms with E-state index in [-0.39, 0.29) is 19.3 Å². The van der Waals surface area contributed by atoms with Crippen molar-refractivity contribution >= 4 is 11.9 Å². The van der Waals surface area contributed by atoms with Gasteiger partial charge in [0.25, 0.3) is 0 Å². The molecule has 6 nitrogen and oxygen atoms in total. The Kier molecular flexibility index (Phi) is 7.74. The second kappa shape index (κ2) is 9.66. The minimum atomic E-state index is -0.948. The number of carboxylic acids is 2. The van der Waals surface area contributed by atoms with Crippen molar-refractivity contribution in [3.8, 4) is 0 Å². The van der Waals surface area contributed by atoms with Crippen LogP contribution in [0.1, 0.15) is 37.3 Å². The second-order valence-corrected chi connectivity index (χ2v) is 4.60. The summed E-state index contributed by atoms with van der Waals surface area (Å²) in [6.07, 6.45) is 9.27. The van der Waals surface area contributed by atoms with Crippen LogP contribution in [0.25, 0.3) is 0 Å². The van der Waals surface area contributed by atoms with Crippen LogP contribution in [0.3, 0.4) is 0 Å². The maximum Gasteiger partial charge on any atom is 0.303 e. The first kappa shape index (κ1) is 16.8. The lowest BCUT2D eigenvalue weighted by atomic mass is 10.0. The molecule has 1 aliphatic heterocycles. The smallest absolute Gasteiger partial charge is 0.303 e. The minimum Gasteiger partial charge on any atom is -0.481 e. The molecule has 1 aromatic rings. The van der Waals surface area contributed by atoms with E-state index in [4.69, 9.17) is 10.2 Å². The van der Waals surface area contributed by atoms with Gasteiger partial charge in [0, 0.05) is 37.8 Å². The Bertz CT molecular complexity index is 460. The first-order valence-electron chi connectivity index (χ1n) is 6.81. The van der Waals surface area contributed by atoms with Crippen molar-refractivity contribution < 1.29 is 19.8 Å². The van der Waals surface area contributed by atoms with Gasteiger partial charge in [0.15, 0.2) is 0 Å². The quantitative estimate of drug-likeness (QED) is 0.718. The third-order valence-corrected chi connectivity index (χ3v) is 2.89. The van der Waals surface area contributed by atoms with Gasteiger partial charge in [-0.2, -0.15) is 0 Å². The lowest BCUT2D eigenvalue weighted by molar-refractivity contribution is -0.138. The fraction of sp³-hybridized carbons (Fsp3) is 0.400. The van der Waals surface area contributed by atoms with Crippen LogP contribution in [0.4, 0.5) is 0 Å². The number of hydrogen-bond acceptors (Lipinski definition) is 4. The average molecular weight is 292 g/mol. The maximum absolute atomic E-state index is 9.79. The number of carboxylic acid groups (broad SMARTS) is 2. The highest BCUT2D eigenvalue weighted by Gasteiger charge is 2.10. The average Bonchev–Trinajstić information content (AvgIpc) is 2.49. The summed E-state index contributed by atoms with van der Waals surface area (Å²) in [5.74, 6) is -1.90. The lowest BCUT2D eigenvalue weighted by Gasteiger charge is -2.19. The van der Waals surface area contributed by atoms with E-state index in [9.17, 15) is 9.59 Å². The van der Waals surface area contributed by atoms with Crippen LogP contribution in [0, 0.1) is 0 Å². The summed E-state index contributed by atoms with van der Waals surface area (Å²) in [6, 6.07) is 4.56. The SMILES string of the molecule is C1=CCC(c2cccnc2)NC1.O=C(O)CCCC(=O)O. The number of rotatable bonds is 5. The Balaban J connectivity index is 0.000000222. The largest absolute Gasteiger partial charge is 0.481 e. The van der Waals surface area contributed by atoms with E-state index in [1.807, 2.05) is 18.5 Å². The highest BCUT2D eigenvalue weighted by molar-refractivity contribution is 5.69. The Hall–Kier alpha value is -2.21. The highest BCUT2D eigenvalue weighted by atomic mass is 16.4. The summed E-state index contributed by atoms with van der Waals surface area (Å²) in [5, 5.41) is 19.5. The van der Waals surface area contributed by atoms with Crippen molar-refractivity contribution in [2.24, 2.45) is 0 Å². The molecule has 0 amide bonds. The van der Waals surface area contributed by atoms with Crippen molar-refractivity contribution in [1.82, 2.24) is 10.3 Å². The molecule has 114 valence electrons. The van der Waals surface area contributed by atoms with E-state index in [1.54, 1.807) is 0 Å². The molecule has 2 rings (SSSR count). The molecule has 3 N–H and O–H groups in total. The molecule has 21 heavy (non-hydrogen) atoms. The number of nitrogens with one attached hydrogen (secondary N) is 1. The Morgan fingerprint density at radius 2 is 1.95 bits per heavy atom. The number of carbonyl (C=O) groups is 2. The molecular weight excluding hydrogens is 272 g/mol. The number of aromatic nitrogens is 1. The third-order valence-electron chi connectivity index (χ3n) is 2.89. The molecule has 0 saturated carbocycles. The zero-order valence-corrected chi connectivity index (χ0v) is 11.7. The molecule has 6 heteroatoms. The van der Waals surface area contributed by atoms with Crippen molar-refractivity contribution in [2.45, 2.75) is 31.7 Å². The predicted molar refractivity (Wildman–Crippen MR) is 77.9 cm³/mol. The third kappa shape index (κ3) is 7.84. The molecule has 2 heterocycles. The first-order chi connectivity index (χ1) is 10.1. The summed E-state index contributed by atoms with van der Waals surface area (Å²) < 4.78 is 0. The van der Waals surface area contributed by atoms with Gasteiger partial charge in [-0.15, -0.1) is 0 Å².